The van der Waals surface area contributed by atoms with E-state index in [2.05, 4.69) is 0 Å². The van der Waals surface area contributed by atoms with Gasteiger partial charge >= 0.3 is 0 Å². The van der Waals surface area contributed by atoms with Crippen molar-refractivity contribution in [1.29, 1.82) is 0 Å². The minimum absolute atomic E-state index is 0.251. The van der Waals surface area contributed by atoms with E-state index in [9.17, 15) is 9.59 Å². The zero-order chi connectivity index (χ0) is 18.5. The molecule has 0 saturated carbocycles. The normalized spacial score (nSPS) is 15.6. The van der Waals surface area contributed by atoms with Gasteiger partial charge in [-0.3, -0.25) is 14.5 Å². The Balaban J connectivity index is 1.79. The van der Waals surface area contributed by atoms with E-state index in [1.807, 2.05) is 42.5 Å². The van der Waals surface area contributed by atoms with Gasteiger partial charge in [-0.2, -0.15) is 0 Å². The van der Waals surface area contributed by atoms with Gasteiger partial charge in [0.25, 0.3) is 11.1 Å². The average molecular weight is 369 g/mol. The number of hydrogen-bond donors (Lipinski definition) is 0. The van der Waals surface area contributed by atoms with Gasteiger partial charge in [0.15, 0.2) is 11.5 Å². The van der Waals surface area contributed by atoms with Crippen molar-refractivity contribution >= 4 is 29.0 Å². The molecule has 1 fully saturated rings. The summed E-state index contributed by atoms with van der Waals surface area (Å²) in [5.41, 5.74) is 1.78. The van der Waals surface area contributed by atoms with Crippen molar-refractivity contribution in [3.8, 4) is 11.5 Å². The second-order valence-electron chi connectivity index (χ2n) is 5.65. The molecule has 2 aromatic carbocycles. The molecule has 0 bridgehead atoms. The zero-order valence-electron chi connectivity index (χ0n) is 14.6. The third-order valence-corrected chi connectivity index (χ3v) is 4.97. The topological polar surface area (TPSA) is 55.8 Å². The molecule has 0 aliphatic carbocycles. The first kappa shape index (κ1) is 18.1. The fraction of sp³-hybridized carbons (Fsp3) is 0.200. The Morgan fingerprint density at radius 3 is 2.46 bits per heavy atom. The molecule has 0 radical (unpaired) electrons. The van der Waals surface area contributed by atoms with E-state index in [1.54, 1.807) is 26.4 Å². The van der Waals surface area contributed by atoms with E-state index < -0.39 is 0 Å². The average Bonchev–Trinajstić information content (AvgIpc) is 2.93. The molecule has 3 rings (SSSR count). The van der Waals surface area contributed by atoms with Gasteiger partial charge in [-0.1, -0.05) is 42.5 Å². The van der Waals surface area contributed by atoms with Crippen LogP contribution in [0, 0.1) is 0 Å². The standard InChI is InChI=1S/C20H19NO4S/c1-24-16-10-6-9-15(18(16)25-2)13-17-19(22)21(20(23)26-17)12-11-14-7-4-3-5-8-14/h3-10,13H,11-12H2,1-2H3/b17-13+. The fourth-order valence-electron chi connectivity index (χ4n) is 2.75. The van der Waals surface area contributed by atoms with Crippen LogP contribution in [0.4, 0.5) is 4.79 Å². The Morgan fingerprint density at radius 2 is 1.77 bits per heavy atom. The van der Waals surface area contributed by atoms with Gasteiger partial charge in [-0.15, -0.1) is 0 Å². The van der Waals surface area contributed by atoms with Crippen molar-refractivity contribution < 1.29 is 19.1 Å². The Hall–Kier alpha value is -2.73. The van der Waals surface area contributed by atoms with Gasteiger partial charge in [-0.05, 0) is 35.9 Å². The number of methoxy groups -OCH3 is 2. The van der Waals surface area contributed by atoms with Gasteiger partial charge < -0.3 is 9.47 Å². The number of benzene rings is 2. The minimum atomic E-state index is -0.277. The second kappa shape index (κ2) is 8.10. The number of thioether (sulfide) groups is 1. The Kier molecular flexibility index (Phi) is 5.63. The molecular weight excluding hydrogens is 350 g/mol. The summed E-state index contributed by atoms with van der Waals surface area (Å²) in [5, 5.41) is -0.251. The highest BCUT2D eigenvalue weighted by Crippen LogP contribution is 2.37. The third-order valence-electron chi connectivity index (χ3n) is 4.06. The van der Waals surface area contributed by atoms with Crippen molar-refractivity contribution in [1.82, 2.24) is 4.90 Å². The number of amides is 2. The van der Waals surface area contributed by atoms with Crippen molar-refractivity contribution in [2.75, 3.05) is 20.8 Å². The first-order valence-corrected chi connectivity index (χ1v) is 8.96. The quantitative estimate of drug-likeness (QED) is 0.721. The van der Waals surface area contributed by atoms with Gasteiger partial charge in [0, 0.05) is 12.1 Å². The maximum Gasteiger partial charge on any atom is 0.293 e. The summed E-state index contributed by atoms with van der Waals surface area (Å²) in [6, 6.07) is 15.2. The minimum Gasteiger partial charge on any atom is -0.493 e. The Labute approximate surface area is 156 Å². The lowest BCUT2D eigenvalue weighted by atomic mass is 10.1. The molecule has 0 N–H and O–H groups in total. The lowest BCUT2D eigenvalue weighted by molar-refractivity contribution is -0.122. The van der Waals surface area contributed by atoms with Crippen LogP contribution in [-0.2, 0) is 11.2 Å². The zero-order valence-corrected chi connectivity index (χ0v) is 15.4. The number of imide groups is 1. The maximum atomic E-state index is 12.6. The molecule has 1 aliphatic heterocycles. The molecule has 134 valence electrons. The van der Waals surface area contributed by atoms with Gasteiger partial charge in [-0.25, -0.2) is 0 Å². The summed E-state index contributed by atoms with van der Waals surface area (Å²) < 4.78 is 10.7. The lowest BCUT2D eigenvalue weighted by Crippen LogP contribution is -2.30. The molecule has 0 spiro atoms. The molecule has 0 atom stereocenters. The van der Waals surface area contributed by atoms with E-state index in [1.165, 1.54) is 4.90 Å². The number of ether oxygens (including phenoxy) is 2. The molecule has 1 aliphatic rings. The summed E-state index contributed by atoms with van der Waals surface area (Å²) >= 11 is 0.947. The number of carbonyl (C=O) groups excluding carboxylic acids is 2. The fourth-order valence-corrected chi connectivity index (χ4v) is 3.60. The smallest absolute Gasteiger partial charge is 0.293 e. The van der Waals surface area contributed by atoms with Crippen LogP contribution in [-0.4, -0.2) is 36.8 Å². The first-order valence-electron chi connectivity index (χ1n) is 8.14. The van der Waals surface area contributed by atoms with Gasteiger partial charge in [0.05, 0.1) is 19.1 Å². The highest BCUT2D eigenvalue weighted by molar-refractivity contribution is 8.18. The molecule has 1 heterocycles. The summed E-state index contributed by atoms with van der Waals surface area (Å²) in [4.78, 5) is 26.6. The van der Waals surface area contributed by atoms with E-state index in [0.717, 1.165) is 17.3 Å². The van der Waals surface area contributed by atoms with Crippen LogP contribution in [0.1, 0.15) is 11.1 Å². The molecule has 2 amide bonds. The monoisotopic (exact) mass is 369 g/mol. The molecule has 0 aromatic heterocycles. The van der Waals surface area contributed by atoms with Crippen molar-refractivity contribution in [3.05, 3.63) is 64.6 Å². The first-order chi connectivity index (χ1) is 12.6. The molecular formula is C20H19NO4S. The highest BCUT2D eigenvalue weighted by atomic mass is 32.2. The van der Waals surface area contributed by atoms with Crippen molar-refractivity contribution in [2.24, 2.45) is 0 Å². The SMILES string of the molecule is COc1cccc(/C=C2/SC(=O)N(CCc3ccccc3)C2=O)c1OC. The number of nitrogens with zero attached hydrogens (tertiary/aromatic N) is 1. The number of rotatable bonds is 6. The largest absolute Gasteiger partial charge is 0.493 e. The molecule has 26 heavy (non-hydrogen) atoms. The van der Waals surface area contributed by atoms with Crippen LogP contribution in [0.5, 0.6) is 11.5 Å². The van der Waals surface area contributed by atoms with Crippen LogP contribution in [0.15, 0.2) is 53.4 Å². The summed E-state index contributed by atoms with van der Waals surface area (Å²) in [7, 11) is 3.10. The third kappa shape index (κ3) is 3.75. The molecule has 2 aromatic rings. The van der Waals surface area contributed by atoms with Crippen LogP contribution >= 0.6 is 11.8 Å². The van der Waals surface area contributed by atoms with E-state index >= 15 is 0 Å². The van der Waals surface area contributed by atoms with E-state index in [0.29, 0.717) is 34.9 Å². The molecule has 6 heteroatoms. The lowest BCUT2D eigenvalue weighted by Gasteiger charge is -2.12. The Morgan fingerprint density at radius 1 is 1.00 bits per heavy atom. The van der Waals surface area contributed by atoms with Crippen LogP contribution < -0.4 is 9.47 Å². The van der Waals surface area contributed by atoms with Crippen LogP contribution in [0.3, 0.4) is 0 Å². The summed E-state index contributed by atoms with van der Waals surface area (Å²) in [5.74, 6) is 0.830. The highest BCUT2D eigenvalue weighted by Gasteiger charge is 2.34. The van der Waals surface area contributed by atoms with E-state index in [-0.39, 0.29) is 11.1 Å². The molecule has 5 nitrogen and oxygen atoms in total. The van der Waals surface area contributed by atoms with Crippen LogP contribution in [0.25, 0.3) is 6.08 Å². The van der Waals surface area contributed by atoms with Crippen molar-refractivity contribution in [2.45, 2.75) is 6.42 Å². The molecule has 1 saturated heterocycles. The Bertz CT molecular complexity index is 848. The number of hydrogen-bond acceptors (Lipinski definition) is 5. The number of carbonyl (C=O) groups is 2. The predicted octanol–water partition coefficient (Wildman–Crippen LogP) is 3.98. The molecule has 0 unspecified atom stereocenters. The maximum absolute atomic E-state index is 12.6. The number of para-hydroxylation sites is 1. The van der Waals surface area contributed by atoms with Gasteiger partial charge in [0.2, 0.25) is 0 Å². The summed E-state index contributed by atoms with van der Waals surface area (Å²) in [6.45, 7) is 0.362. The van der Waals surface area contributed by atoms with Gasteiger partial charge in [0.1, 0.15) is 0 Å². The van der Waals surface area contributed by atoms with Crippen LogP contribution in [0.2, 0.25) is 0 Å². The predicted molar refractivity (Wildman–Crippen MR) is 102 cm³/mol. The van der Waals surface area contributed by atoms with Crippen molar-refractivity contribution in [3.63, 3.8) is 0 Å². The second-order valence-corrected chi connectivity index (χ2v) is 6.64. The van der Waals surface area contributed by atoms with E-state index in [4.69, 9.17) is 9.47 Å². The summed E-state index contributed by atoms with van der Waals surface area (Å²) in [6.07, 6.45) is 2.31.